The molecule has 3 aromatic carbocycles. The van der Waals surface area contributed by atoms with E-state index in [0.717, 1.165) is 22.3 Å². The lowest BCUT2D eigenvalue weighted by molar-refractivity contribution is -0.000974. The zero-order valence-electron chi connectivity index (χ0n) is 25.7. The molecule has 0 spiro atoms. The molecule has 0 N–H and O–H groups in total. The summed E-state index contributed by atoms with van der Waals surface area (Å²) in [5.41, 5.74) is 4.75. The molecular formula is C35H45N3O3. The monoisotopic (exact) mass is 555 g/mol. The second-order valence-electron chi connectivity index (χ2n) is 12.2. The molecule has 2 heterocycles. The molecule has 0 bridgehead atoms. The highest BCUT2D eigenvalue weighted by Crippen LogP contribution is 2.46. The van der Waals surface area contributed by atoms with E-state index >= 15 is 0 Å². The van der Waals surface area contributed by atoms with Crippen LogP contribution in [0, 0.1) is 0 Å². The van der Waals surface area contributed by atoms with Crippen molar-refractivity contribution in [3.8, 4) is 0 Å². The average molecular weight is 556 g/mol. The van der Waals surface area contributed by atoms with E-state index in [0.29, 0.717) is 5.56 Å². The number of benzene rings is 3. The normalized spacial score (nSPS) is 27.2. The van der Waals surface area contributed by atoms with Crippen LogP contribution >= 0.6 is 0 Å². The summed E-state index contributed by atoms with van der Waals surface area (Å²) in [6.45, 7) is 12.7. The molecule has 0 aromatic heterocycles. The van der Waals surface area contributed by atoms with Crippen molar-refractivity contribution < 1.29 is 14.3 Å². The fourth-order valence-corrected chi connectivity index (χ4v) is 6.58. The van der Waals surface area contributed by atoms with Crippen LogP contribution < -0.4 is 0 Å². The zero-order valence-corrected chi connectivity index (χ0v) is 25.7. The van der Waals surface area contributed by atoms with Gasteiger partial charge >= 0.3 is 0 Å². The summed E-state index contributed by atoms with van der Waals surface area (Å²) in [7, 11) is 4.18. The third-order valence-electron chi connectivity index (χ3n) is 8.93. The maximum atomic E-state index is 14.6. The second kappa shape index (κ2) is 12.1. The van der Waals surface area contributed by atoms with Gasteiger partial charge in [-0.3, -0.25) is 14.6 Å². The molecule has 6 nitrogen and oxygen atoms in total. The first-order valence-corrected chi connectivity index (χ1v) is 14.9. The lowest BCUT2D eigenvalue weighted by Crippen LogP contribution is -2.43. The van der Waals surface area contributed by atoms with E-state index in [-0.39, 0.29) is 54.7 Å². The molecular weight excluding hydrogens is 510 g/mol. The molecule has 5 rings (SSSR count). The molecule has 0 unspecified atom stereocenters. The van der Waals surface area contributed by atoms with Gasteiger partial charge in [0.15, 0.2) is 0 Å². The maximum Gasteiger partial charge on any atom is 0.255 e. The summed E-state index contributed by atoms with van der Waals surface area (Å²) >= 11 is 0. The number of carbonyl (C=O) groups is 1. The highest BCUT2D eigenvalue weighted by Gasteiger charge is 2.44. The lowest BCUT2D eigenvalue weighted by Gasteiger charge is -2.34. The molecule has 6 heteroatoms. The van der Waals surface area contributed by atoms with E-state index in [1.165, 1.54) is 0 Å². The fourth-order valence-electron chi connectivity index (χ4n) is 6.58. The number of rotatable bonds is 7. The number of carbonyl (C=O) groups excluding carboxylic acids is 1. The molecule has 0 radical (unpaired) electrons. The van der Waals surface area contributed by atoms with Crippen LogP contribution in [-0.4, -0.2) is 58.9 Å². The van der Waals surface area contributed by atoms with E-state index in [2.05, 4.69) is 126 Å². The van der Waals surface area contributed by atoms with Crippen LogP contribution in [0.3, 0.4) is 0 Å². The Labute approximate surface area is 245 Å². The van der Waals surface area contributed by atoms with Gasteiger partial charge in [0.1, 0.15) is 24.7 Å². The largest absolute Gasteiger partial charge is 0.349 e. The van der Waals surface area contributed by atoms with E-state index in [9.17, 15) is 4.79 Å². The van der Waals surface area contributed by atoms with Gasteiger partial charge in [-0.1, -0.05) is 78.9 Å². The van der Waals surface area contributed by atoms with Crippen LogP contribution in [-0.2, 0) is 9.47 Å². The number of likely N-dealkylation sites (N-methyl/N-ethyl adjacent to an activating group) is 2. The summed E-state index contributed by atoms with van der Waals surface area (Å²) in [5, 5.41) is 0. The second-order valence-corrected chi connectivity index (χ2v) is 12.2. The molecule has 3 aromatic rings. The van der Waals surface area contributed by atoms with Gasteiger partial charge in [-0.25, -0.2) is 0 Å². The molecule has 1 amide bonds. The topological polar surface area (TPSA) is 45.3 Å². The van der Waals surface area contributed by atoms with E-state index in [4.69, 9.17) is 9.47 Å². The Bertz CT molecular complexity index is 1240. The van der Waals surface area contributed by atoms with Crippen molar-refractivity contribution in [3.63, 3.8) is 0 Å². The van der Waals surface area contributed by atoms with Crippen molar-refractivity contribution >= 4 is 5.91 Å². The van der Waals surface area contributed by atoms with E-state index in [1.807, 2.05) is 23.1 Å². The molecule has 0 saturated carbocycles. The third-order valence-corrected chi connectivity index (χ3v) is 8.93. The Balaban J connectivity index is 1.61. The van der Waals surface area contributed by atoms with Gasteiger partial charge in [-0.05, 0) is 66.8 Å². The van der Waals surface area contributed by atoms with Gasteiger partial charge in [0.25, 0.3) is 5.91 Å². The first-order chi connectivity index (χ1) is 19.6. The first-order valence-electron chi connectivity index (χ1n) is 14.9. The Hall–Kier alpha value is -3.03. The first kappa shape index (κ1) is 29.5. The SMILES string of the molecule is CC(C)N(C(=O)c1c([C@H]2O[C@@H](c3ccccc3)[C@@H](C)N2C)cccc1[C@@H]1O[C@@H](c2ccccc2)[C@@H](C)N1C)C(C)C. The number of amides is 1. The van der Waals surface area contributed by atoms with Crippen molar-refractivity contribution in [1.82, 2.24) is 14.7 Å². The summed E-state index contributed by atoms with van der Waals surface area (Å²) in [4.78, 5) is 21.1. The van der Waals surface area contributed by atoms with Crippen LogP contribution in [0.1, 0.15) is 98.8 Å². The van der Waals surface area contributed by atoms with Gasteiger partial charge in [-0.2, -0.15) is 0 Å². The van der Waals surface area contributed by atoms with Crippen LogP contribution in [0.2, 0.25) is 0 Å². The molecule has 41 heavy (non-hydrogen) atoms. The summed E-state index contributed by atoms with van der Waals surface area (Å²) < 4.78 is 13.6. The van der Waals surface area contributed by atoms with E-state index in [1.54, 1.807) is 0 Å². The minimum Gasteiger partial charge on any atom is -0.349 e. The lowest BCUT2D eigenvalue weighted by atomic mass is 9.95. The molecule has 0 aliphatic carbocycles. The zero-order chi connectivity index (χ0) is 29.4. The molecule has 2 saturated heterocycles. The average Bonchev–Trinajstić information content (AvgIpc) is 3.43. The van der Waals surface area contributed by atoms with Gasteiger partial charge in [0.05, 0.1) is 5.56 Å². The molecule has 6 atom stereocenters. The molecule has 2 aliphatic rings. The van der Waals surface area contributed by atoms with Crippen LogP contribution in [0.4, 0.5) is 0 Å². The predicted molar refractivity (Wildman–Crippen MR) is 163 cm³/mol. The highest BCUT2D eigenvalue weighted by atomic mass is 16.5. The quantitative estimate of drug-likeness (QED) is 0.310. The number of ether oxygens (including phenoxy) is 2. The van der Waals surface area contributed by atoms with Gasteiger partial charge in [0, 0.05) is 35.3 Å². The van der Waals surface area contributed by atoms with Crippen molar-refractivity contribution in [2.45, 2.75) is 90.4 Å². The Kier molecular flexibility index (Phi) is 8.67. The van der Waals surface area contributed by atoms with Gasteiger partial charge in [-0.15, -0.1) is 0 Å². The predicted octanol–water partition coefficient (Wildman–Crippen LogP) is 7.13. The fraction of sp³-hybridized carbons (Fsp3) is 0.457. The smallest absolute Gasteiger partial charge is 0.255 e. The van der Waals surface area contributed by atoms with Gasteiger partial charge in [0.2, 0.25) is 0 Å². The van der Waals surface area contributed by atoms with Crippen molar-refractivity contribution in [3.05, 3.63) is 107 Å². The Morgan fingerprint density at radius 3 is 1.41 bits per heavy atom. The minimum atomic E-state index is -0.371. The number of nitrogens with zero attached hydrogens (tertiary/aromatic N) is 3. The molecule has 2 aliphatic heterocycles. The summed E-state index contributed by atoms with van der Waals surface area (Å²) in [6.07, 6.45) is -0.942. The standard InChI is InChI=1S/C35H45N3O3/c1-22(2)38(23(3)4)33(39)30-28(34-36(7)24(5)31(40-34)26-16-11-9-12-17-26)20-15-21-29(30)35-37(8)25(6)32(41-35)27-18-13-10-14-19-27/h9-25,31-32,34-35H,1-8H3/t24-,25-,31-,32-,34-,35+/m1/s1. The van der Waals surface area contributed by atoms with Crippen molar-refractivity contribution in [2.75, 3.05) is 14.1 Å². The van der Waals surface area contributed by atoms with Gasteiger partial charge < -0.3 is 14.4 Å². The Morgan fingerprint density at radius 2 is 1.05 bits per heavy atom. The molecule has 2 fully saturated rings. The van der Waals surface area contributed by atoms with Crippen LogP contribution in [0.15, 0.2) is 78.9 Å². The maximum absolute atomic E-state index is 14.6. The summed E-state index contributed by atoms with van der Waals surface area (Å²) in [5.74, 6) is 0.0150. The minimum absolute atomic E-state index is 0.0150. The van der Waals surface area contributed by atoms with Crippen molar-refractivity contribution in [2.24, 2.45) is 0 Å². The summed E-state index contributed by atoms with van der Waals surface area (Å²) in [6, 6.07) is 27.2. The number of hydrogen-bond acceptors (Lipinski definition) is 5. The van der Waals surface area contributed by atoms with E-state index < -0.39 is 0 Å². The van der Waals surface area contributed by atoms with Crippen molar-refractivity contribution in [1.29, 1.82) is 0 Å². The highest BCUT2D eigenvalue weighted by molar-refractivity contribution is 5.98. The van der Waals surface area contributed by atoms with Crippen LogP contribution in [0.25, 0.3) is 0 Å². The Morgan fingerprint density at radius 1 is 0.659 bits per heavy atom. The third kappa shape index (κ3) is 5.46. The van der Waals surface area contributed by atoms with Crippen LogP contribution in [0.5, 0.6) is 0 Å². The number of hydrogen-bond donors (Lipinski definition) is 0. The molecule has 218 valence electrons.